The van der Waals surface area contributed by atoms with E-state index in [1.807, 2.05) is 11.0 Å². The first-order chi connectivity index (χ1) is 12.2. The molecule has 3 aliphatic rings. The summed E-state index contributed by atoms with van der Waals surface area (Å²) in [4.78, 5) is 21.2. The van der Waals surface area contributed by atoms with E-state index in [0.717, 1.165) is 39.0 Å². The molecule has 136 valence electrons. The second-order valence-electron chi connectivity index (χ2n) is 7.53. The third kappa shape index (κ3) is 3.96. The number of nitrogens with zero attached hydrogens (tertiary/aromatic N) is 3. The Bertz CT molecular complexity index is 594. The molecule has 2 saturated carbocycles. The van der Waals surface area contributed by atoms with E-state index in [-0.39, 0.29) is 18.1 Å². The number of rotatable bonds is 5. The molecule has 6 nitrogen and oxygen atoms in total. The summed E-state index contributed by atoms with van der Waals surface area (Å²) in [6.45, 7) is 3.83. The Morgan fingerprint density at radius 1 is 1.16 bits per heavy atom. The normalized spacial score (nSPS) is 27.5. The van der Waals surface area contributed by atoms with Crippen LogP contribution in [0.4, 0.5) is 0 Å². The number of aliphatic hydroxyl groups is 1. The monoisotopic (exact) mass is 345 g/mol. The molecule has 0 spiro atoms. The molecule has 3 fully saturated rings. The molecule has 1 amide bonds. The van der Waals surface area contributed by atoms with Gasteiger partial charge in [-0.05, 0) is 44.1 Å². The van der Waals surface area contributed by atoms with Crippen LogP contribution in [-0.4, -0.2) is 70.7 Å². The lowest BCUT2D eigenvalue weighted by atomic mass is 10.1. The summed E-state index contributed by atoms with van der Waals surface area (Å²) < 4.78 is 5.62. The van der Waals surface area contributed by atoms with Crippen LogP contribution in [0.15, 0.2) is 18.3 Å². The van der Waals surface area contributed by atoms with Gasteiger partial charge in [-0.1, -0.05) is 0 Å². The van der Waals surface area contributed by atoms with Gasteiger partial charge in [0, 0.05) is 44.5 Å². The van der Waals surface area contributed by atoms with Crippen molar-refractivity contribution >= 4 is 5.91 Å². The first-order valence-electron chi connectivity index (χ1n) is 9.51. The highest BCUT2D eigenvalue weighted by Gasteiger charge is 2.33. The van der Waals surface area contributed by atoms with E-state index in [1.54, 1.807) is 12.3 Å². The number of aliphatic hydroxyl groups excluding tert-OH is 1. The summed E-state index contributed by atoms with van der Waals surface area (Å²) in [7, 11) is 0. The Balaban J connectivity index is 1.29. The molecule has 1 aromatic rings. The maximum Gasteiger partial charge on any atom is 0.255 e. The molecule has 1 N–H and O–H groups in total. The van der Waals surface area contributed by atoms with E-state index in [4.69, 9.17) is 4.74 Å². The number of piperazine rings is 1. The minimum Gasteiger partial charge on any atom is -0.477 e. The van der Waals surface area contributed by atoms with Gasteiger partial charge in [0.1, 0.15) is 0 Å². The summed E-state index contributed by atoms with van der Waals surface area (Å²) in [6.07, 6.45) is 7.01. The minimum absolute atomic E-state index is 0.0351. The molecule has 1 aliphatic heterocycles. The lowest BCUT2D eigenvalue weighted by molar-refractivity contribution is 0.0315. The number of hydrogen-bond donors (Lipinski definition) is 1. The van der Waals surface area contributed by atoms with Crippen molar-refractivity contribution in [2.75, 3.05) is 32.8 Å². The molecular weight excluding hydrogens is 318 g/mol. The van der Waals surface area contributed by atoms with Crippen LogP contribution in [0.3, 0.4) is 0 Å². The standard InChI is InChI=1S/C19H27N3O3/c23-17-3-1-2-16(17)21-8-10-22(11-9-21)19(24)15-6-7-18(20-12-15)25-13-14-4-5-14/h6-7,12,14,16-17,23H,1-5,8-11,13H2/t16-,17-/m1/s1. The fourth-order valence-electron chi connectivity index (χ4n) is 3.87. The van der Waals surface area contributed by atoms with Crippen LogP contribution in [0.25, 0.3) is 0 Å². The molecule has 0 radical (unpaired) electrons. The number of carbonyl (C=O) groups excluding carboxylic acids is 1. The van der Waals surface area contributed by atoms with Gasteiger partial charge in [0.15, 0.2) is 0 Å². The van der Waals surface area contributed by atoms with Gasteiger partial charge in [-0.2, -0.15) is 0 Å². The van der Waals surface area contributed by atoms with Crippen LogP contribution in [0, 0.1) is 5.92 Å². The van der Waals surface area contributed by atoms with Crippen molar-refractivity contribution in [1.29, 1.82) is 0 Å². The summed E-state index contributed by atoms with van der Waals surface area (Å²) in [5.74, 6) is 1.33. The van der Waals surface area contributed by atoms with Gasteiger partial charge in [-0.3, -0.25) is 9.69 Å². The molecule has 2 heterocycles. The van der Waals surface area contributed by atoms with Crippen LogP contribution in [-0.2, 0) is 0 Å². The molecule has 2 aliphatic carbocycles. The zero-order valence-corrected chi connectivity index (χ0v) is 14.6. The number of carbonyl (C=O) groups is 1. The molecule has 0 unspecified atom stereocenters. The van der Waals surface area contributed by atoms with Gasteiger partial charge in [-0.15, -0.1) is 0 Å². The van der Waals surface area contributed by atoms with Crippen LogP contribution < -0.4 is 4.74 Å². The highest BCUT2D eigenvalue weighted by atomic mass is 16.5. The van der Waals surface area contributed by atoms with Crippen molar-refractivity contribution in [1.82, 2.24) is 14.8 Å². The summed E-state index contributed by atoms with van der Waals surface area (Å²) in [5, 5.41) is 10.1. The molecule has 1 saturated heterocycles. The van der Waals surface area contributed by atoms with Gasteiger partial charge in [0.25, 0.3) is 5.91 Å². The Morgan fingerprint density at radius 3 is 2.56 bits per heavy atom. The minimum atomic E-state index is -0.199. The molecule has 2 atom stereocenters. The fourth-order valence-corrected chi connectivity index (χ4v) is 3.87. The molecule has 4 rings (SSSR count). The highest BCUT2D eigenvalue weighted by molar-refractivity contribution is 5.94. The fraction of sp³-hybridized carbons (Fsp3) is 0.684. The summed E-state index contributed by atoms with van der Waals surface area (Å²) >= 11 is 0. The number of hydrogen-bond acceptors (Lipinski definition) is 5. The molecule has 1 aromatic heterocycles. The second kappa shape index (κ2) is 7.30. The van der Waals surface area contributed by atoms with Crippen molar-refractivity contribution < 1.29 is 14.6 Å². The molecule has 6 heteroatoms. The largest absolute Gasteiger partial charge is 0.477 e. The topological polar surface area (TPSA) is 65.9 Å². The van der Waals surface area contributed by atoms with Gasteiger partial charge in [0.2, 0.25) is 5.88 Å². The smallest absolute Gasteiger partial charge is 0.255 e. The van der Waals surface area contributed by atoms with E-state index in [2.05, 4.69) is 9.88 Å². The van der Waals surface area contributed by atoms with Crippen molar-refractivity contribution in [3.8, 4) is 5.88 Å². The van der Waals surface area contributed by atoms with E-state index in [1.165, 1.54) is 12.8 Å². The van der Waals surface area contributed by atoms with E-state index >= 15 is 0 Å². The zero-order valence-electron chi connectivity index (χ0n) is 14.6. The molecular formula is C19H27N3O3. The maximum atomic E-state index is 12.7. The Hall–Kier alpha value is -1.66. The van der Waals surface area contributed by atoms with Crippen molar-refractivity contribution in [3.05, 3.63) is 23.9 Å². The Morgan fingerprint density at radius 2 is 1.96 bits per heavy atom. The van der Waals surface area contributed by atoms with E-state index < -0.39 is 0 Å². The molecule has 0 aromatic carbocycles. The van der Waals surface area contributed by atoms with Crippen LogP contribution in [0.2, 0.25) is 0 Å². The quantitative estimate of drug-likeness (QED) is 0.877. The van der Waals surface area contributed by atoms with E-state index in [0.29, 0.717) is 30.5 Å². The number of pyridine rings is 1. The zero-order chi connectivity index (χ0) is 17.2. The molecule has 25 heavy (non-hydrogen) atoms. The number of amides is 1. The van der Waals surface area contributed by atoms with Gasteiger partial charge < -0.3 is 14.7 Å². The van der Waals surface area contributed by atoms with Crippen LogP contribution in [0.1, 0.15) is 42.5 Å². The average Bonchev–Trinajstić information content (AvgIpc) is 3.39. The predicted octanol–water partition coefficient (Wildman–Crippen LogP) is 1.54. The number of ether oxygens (including phenoxy) is 1. The molecule has 0 bridgehead atoms. The lowest BCUT2D eigenvalue weighted by Gasteiger charge is -2.39. The number of aromatic nitrogens is 1. The lowest BCUT2D eigenvalue weighted by Crippen LogP contribution is -2.53. The maximum absolute atomic E-state index is 12.7. The predicted molar refractivity (Wildman–Crippen MR) is 93.6 cm³/mol. The first kappa shape index (κ1) is 16.8. The summed E-state index contributed by atoms with van der Waals surface area (Å²) in [6, 6.07) is 3.88. The third-order valence-corrected chi connectivity index (χ3v) is 5.66. The third-order valence-electron chi connectivity index (χ3n) is 5.66. The average molecular weight is 345 g/mol. The van der Waals surface area contributed by atoms with Crippen LogP contribution >= 0.6 is 0 Å². The summed E-state index contributed by atoms with van der Waals surface area (Å²) in [5.41, 5.74) is 0.619. The highest BCUT2D eigenvalue weighted by Crippen LogP contribution is 2.29. The van der Waals surface area contributed by atoms with Crippen molar-refractivity contribution in [2.45, 2.75) is 44.2 Å². The van der Waals surface area contributed by atoms with Crippen molar-refractivity contribution in [3.63, 3.8) is 0 Å². The van der Waals surface area contributed by atoms with E-state index in [9.17, 15) is 9.90 Å². The SMILES string of the molecule is O=C(c1ccc(OCC2CC2)nc1)N1CCN([C@@H]2CCC[C@H]2O)CC1. The van der Waals surface area contributed by atoms with Gasteiger partial charge >= 0.3 is 0 Å². The Kier molecular flexibility index (Phi) is 4.90. The Labute approximate surface area is 148 Å². The first-order valence-corrected chi connectivity index (χ1v) is 9.51. The van der Waals surface area contributed by atoms with Gasteiger partial charge in [0.05, 0.1) is 18.3 Å². The van der Waals surface area contributed by atoms with Gasteiger partial charge in [-0.25, -0.2) is 4.98 Å². The second-order valence-corrected chi connectivity index (χ2v) is 7.53. The van der Waals surface area contributed by atoms with Crippen LogP contribution in [0.5, 0.6) is 5.88 Å². The van der Waals surface area contributed by atoms with Crippen molar-refractivity contribution in [2.24, 2.45) is 5.92 Å².